The molecule has 1 N–H and O–H groups in total. The van der Waals surface area contributed by atoms with Crippen molar-refractivity contribution in [2.24, 2.45) is 0 Å². The first-order chi connectivity index (χ1) is 8.92. The van der Waals surface area contributed by atoms with Gasteiger partial charge in [-0.05, 0) is 32.9 Å². The molecule has 5 heteroatoms. The van der Waals surface area contributed by atoms with Crippen LogP contribution in [-0.4, -0.2) is 26.0 Å². The predicted molar refractivity (Wildman–Crippen MR) is 78.7 cm³/mol. The lowest BCUT2D eigenvalue weighted by molar-refractivity contribution is 0.107. The summed E-state index contributed by atoms with van der Waals surface area (Å²) in [6.45, 7) is 5.99. The summed E-state index contributed by atoms with van der Waals surface area (Å²) in [6, 6.07) is 7.34. The van der Waals surface area contributed by atoms with Crippen molar-refractivity contribution in [3.05, 3.63) is 34.6 Å². The van der Waals surface area contributed by atoms with E-state index in [0.29, 0.717) is 28.4 Å². The van der Waals surface area contributed by atoms with Gasteiger partial charge < -0.3 is 5.11 Å². The van der Waals surface area contributed by atoms with Crippen LogP contribution in [0.5, 0.6) is 0 Å². The standard InChI is InChI=1S/C14H18N2O2S/c1-4-16-12(17)10-7-5-6-8-11(10)15-13(16)19-9-14(2,3)18/h5-8,18H,4,9H2,1-3H3. The second-order valence-electron chi connectivity index (χ2n) is 5.06. The molecule has 0 atom stereocenters. The Hall–Kier alpha value is -1.33. The molecule has 0 radical (unpaired) electrons. The average molecular weight is 278 g/mol. The van der Waals surface area contributed by atoms with E-state index in [4.69, 9.17) is 0 Å². The van der Waals surface area contributed by atoms with Gasteiger partial charge >= 0.3 is 0 Å². The van der Waals surface area contributed by atoms with Gasteiger partial charge in [0, 0.05) is 12.3 Å². The zero-order valence-electron chi connectivity index (χ0n) is 11.4. The van der Waals surface area contributed by atoms with E-state index >= 15 is 0 Å². The summed E-state index contributed by atoms with van der Waals surface area (Å²) in [6.07, 6.45) is 0. The Bertz CT molecular complexity index is 644. The van der Waals surface area contributed by atoms with Crippen LogP contribution in [0.4, 0.5) is 0 Å². The van der Waals surface area contributed by atoms with Crippen molar-refractivity contribution in [2.75, 3.05) is 5.75 Å². The van der Waals surface area contributed by atoms with Crippen LogP contribution in [0.25, 0.3) is 10.9 Å². The molecule has 0 fully saturated rings. The molecular weight excluding hydrogens is 260 g/mol. The maximum absolute atomic E-state index is 12.4. The van der Waals surface area contributed by atoms with Crippen molar-refractivity contribution >= 4 is 22.7 Å². The molecule has 102 valence electrons. The van der Waals surface area contributed by atoms with Crippen molar-refractivity contribution in [3.8, 4) is 0 Å². The maximum atomic E-state index is 12.4. The van der Waals surface area contributed by atoms with E-state index in [2.05, 4.69) is 4.98 Å². The SMILES string of the molecule is CCn1c(SCC(C)(C)O)nc2ccccc2c1=O. The summed E-state index contributed by atoms with van der Waals surface area (Å²) in [4.78, 5) is 16.9. The van der Waals surface area contributed by atoms with Crippen molar-refractivity contribution in [3.63, 3.8) is 0 Å². The molecule has 1 aromatic carbocycles. The summed E-state index contributed by atoms with van der Waals surface area (Å²) in [5.41, 5.74) is -0.103. The van der Waals surface area contributed by atoms with E-state index in [9.17, 15) is 9.90 Å². The quantitative estimate of drug-likeness (QED) is 0.688. The molecule has 1 heterocycles. The number of thioether (sulfide) groups is 1. The van der Waals surface area contributed by atoms with Crippen molar-refractivity contribution in [2.45, 2.75) is 38.1 Å². The molecule has 0 amide bonds. The van der Waals surface area contributed by atoms with E-state index in [1.54, 1.807) is 24.5 Å². The van der Waals surface area contributed by atoms with Crippen LogP contribution in [-0.2, 0) is 6.54 Å². The zero-order chi connectivity index (χ0) is 14.0. The molecule has 0 unspecified atom stereocenters. The Morgan fingerprint density at radius 3 is 2.68 bits per heavy atom. The second kappa shape index (κ2) is 5.35. The van der Waals surface area contributed by atoms with Crippen LogP contribution in [0.1, 0.15) is 20.8 Å². The molecule has 1 aromatic heterocycles. The zero-order valence-corrected chi connectivity index (χ0v) is 12.2. The number of hydrogen-bond donors (Lipinski definition) is 1. The molecule has 19 heavy (non-hydrogen) atoms. The molecule has 0 aliphatic rings. The molecule has 0 spiro atoms. The highest BCUT2D eigenvalue weighted by atomic mass is 32.2. The highest BCUT2D eigenvalue weighted by Crippen LogP contribution is 2.21. The van der Waals surface area contributed by atoms with Crippen LogP contribution in [0.3, 0.4) is 0 Å². The lowest BCUT2D eigenvalue weighted by Gasteiger charge is -2.17. The lowest BCUT2D eigenvalue weighted by atomic mass is 10.2. The van der Waals surface area contributed by atoms with Crippen LogP contribution in [0, 0.1) is 0 Å². The summed E-state index contributed by atoms with van der Waals surface area (Å²) < 4.78 is 1.65. The third-order valence-electron chi connectivity index (χ3n) is 2.70. The van der Waals surface area contributed by atoms with E-state index in [0.717, 1.165) is 0 Å². The first-order valence-electron chi connectivity index (χ1n) is 6.27. The summed E-state index contributed by atoms with van der Waals surface area (Å²) in [5.74, 6) is 0.498. The van der Waals surface area contributed by atoms with Gasteiger partial charge in [-0.2, -0.15) is 0 Å². The number of fused-ring (bicyclic) bond motifs is 1. The van der Waals surface area contributed by atoms with E-state index in [-0.39, 0.29) is 5.56 Å². The van der Waals surface area contributed by atoms with Gasteiger partial charge in [0.1, 0.15) is 0 Å². The first-order valence-corrected chi connectivity index (χ1v) is 7.25. The lowest BCUT2D eigenvalue weighted by Crippen LogP contribution is -2.25. The Balaban J connectivity index is 2.51. The van der Waals surface area contributed by atoms with Crippen LogP contribution < -0.4 is 5.56 Å². The van der Waals surface area contributed by atoms with E-state index in [1.165, 1.54) is 11.8 Å². The number of rotatable bonds is 4. The molecule has 0 saturated carbocycles. The van der Waals surface area contributed by atoms with Crippen LogP contribution >= 0.6 is 11.8 Å². The van der Waals surface area contributed by atoms with Crippen molar-refractivity contribution < 1.29 is 5.11 Å². The Labute approximate surface area is 116 Å². The molecular formula is C14H18N2O2S. The number of nitrogens with zero attached hydrogens (tertiary/aromatic N) is 2. The molecule has 2 rings (SSSR count). The van der Waals surface area contributed by atoms with E-state index in [1.807, 2.05) is 25.1 Å². The smallest absolute Gasteiger partial charge is 0.262 e. The molecule has 0 bridgehead atoms. The van der Waals surface area contributed by atoms with Crippen LogP contribution in [0.15, 0.2) is 34.2 Å². The normalized spacial score (nSPS) is 12.0. The fourth-order valence-corrected chi connectivity index (χ4v) is 2.79. The highest BCUT2D eigenvalue weighted by molar-refractivity contribution is 7.99. The first kappa shape index (κ1) is 14.1. The Morgan fingerprint density at radius 2 is 2.05 bits per heavy atom. The molecule has 0 saturated heterocycles. The molecule has 2 aromatic rings. The fourth-order valence-electron chi connectivity index (χ4n) is 1.78. The van der Waals surface area contributed by atoms with Crippen molar-refractivity contribution in [1.82, 2.24) is 9.55 Å². The maximum Gasteiger partial charge on any atom is 0.262 e. The number of aliphatic hydroxyl groups is 1. The topological polar surface area (TPSA) is 55.1 Å². The summed E-state index contributed by atoms with van der Waals surface area (Å²) >= 11 is 1.41. The van der Waals surface area contributed by atoms with Gasteiger partial charge in [-0.15, -0.1) is 0 Å². The Kier molecular flexibility index (Phi) is 3.96. The van der Waals surface area contributed by atoms with Crippen molar-refractivity contribution in [1.29, 1.82) is 0 Å². The third-order valence-corrected chi connectivity index (χ3v) is 4.12. The van der Waals surface area contributed by atoms with Crippen LogP contribution in [0.2, 0.25) is 0 Å². The molecule has 4 nitrogen and oxygen atoms in total. The minimum Gasteiger partial charge on any atom is -0.390 e. The molecule has 0 aliphatic heterocycles. The number of hydrogen-bond acceptors (Lipinski definition) is 4. The fraction of sp³-hybridized carbons (Fsp3) is 0.429. The predicted octanol–water partition coefficient (Wildman–Crippen LogP) is 2.28. The van der Waals surface area contributed by atoms with Gasteiger partial charge in [-0.1, -0.05) is 23.9 Å². The van der Waals surface area contributed by atoms with Gasteiger partial charge in [0.15, 0.2) is 5.16 Å². The summed E-state index contributed by atoms with van der Waals surface area (Å²) in [7, 11) is 0. The number of aromatic nitrogens is 2. The monoisotopic (exact) mass is 278 g/mol. The van der Waals surface area contributed by atoms with Gasteiger partial charge in [-0.3, -0.25) is 9.36 Å². The second-order valence-corrected chi connectivity index (χ2v) is 6.00. The van der Waals surface area contributed by atoms with E-state index < -0.39 is 5.60 Å². The third kappa shape index (κ3) is 3.16. The van der Waals surface area contributed by atoms with Gasteiger partial charge in [0.25, 0.3) is 5.56 Å². The molecule has 0 aliphatic carbocycles. The Morgan fingerprint density at radius 1 is 1.37 bits per heavy atom. The summed E-state index contributed by atoms with van der Waals surface area (Å²) in [5, 5.41) is 11.1. The number of para-hydroxylation sites is 1. The largest absolute Gasteiger partial charge is 0.390 e. The number of benzene rings is 1. The van der Waals surface area contributed by atoms with Gasteiger partial charge in [0.05, 0.1) is 16.5 Å². The van der Waals surface area contributed by atoms with Gasteiger partial charge in [-0.25, -0.2) is 4.98 Å². The highest BCUT2D eigenvalue weighted by Gasteiger charge is 2.16. The average Bonchev–Trinajstić information content (AvgIpc) is 2.36. The van der Waals surface area contributed by atoms with Gasteiger partial charge in [0.2, 0.25) is 0 Å². The minimum atomic E-state index is -0.785. The minimum absolute atomic E-state index is 0.0219.